The Morgan fingerprint density at radius 2 is 1.78 bits per heavy atom. The third-order valence-electron chi connectivity index (χ3n) is 1.95. The van der Waals surface area contributed by atoms with E-state index in [9.17, 15) is 13.5 Å². The van der Waals surface area contributed by atoms with Gasteiger partial charge in [-0.3, -0.25) is 0 Å². The number of rotatable bonds is 4. The molecule has 0 aromatic heterocycles. The van der Waals surface area contributed by atoms with E-state index in [1.165, 1.54) is 31.4 Å². The second kappa shape index (κ2) is 5.81. The zero-order valence-electron chi connectivity index (χ0n) is 9.10. The molecule has 0 fully saturated rings. The van der Waals surface area contributed by atoms with Crippen LogP contribution < -0.4 is 9.46 Å². The Bertz CT molecular complexity index is 498. The number of sulfonamides is 1. The number of nitrogens with one attached hydrogen (secondary N) is 1. The van der Waals surface area contributed by atoms with Gasteiger partial charge in [0, 0.05) is 0 Å². The molecule has 9 heteroatoms. The number of hydrogen-bond acceptors (Lipinski definition) is 4. The van der Waals surface area contributed by atoms with E-state index < -0.39 is 20.0 Å². The Morgan fingerprint density at radius 3 is 2.17 bits per heavy atom. The van der Waals surface area contributed by atoms with Crippen LogP contribution in [0.5, 0.6) is 5.75 Å². The van der Waals surface area contributed by atoms with Crippen LogP contribution in [-0.4, -0.2) is 30.7 Å². The highest BCUT2D eigenvalue weighted by Gasteiger charge is 2.34. The minimum absolute atomic E-state index is 0.0865. The van der Waals surface area contributed by atoms with E-state index in [4.69, 9.17) is 39.5 Å². The number of halogens is 3. The normalized spacial score (nSPS) is 14.3. The highest BCUT2D eigenvalue weighted by atomic mass is 35.6. The van der Waals surface area contributed by atoms with Gasteiger partial charge in [0.2, 0.25) is 13.8 Å². The Hall–Kier alpha value is -0.240. The van der Waals surface area contributed by atoms with Crippen molar-refractivity contribution in [3.63, 3.8) is 0 Å². The van der Waals surface area contributed by atoms with Gasteiger partial charge >= 0.3 is 0 Å². The zero-order chi connectivity index (χ0) is 14.0. The second-order valence-electron chi connectivity index (χ2n) is 3.24. The van der Waals surface area contributed by atoms with Crippen LogP contribution in [0.4, 0.5) is 0 Å². The molecule has 1 atom stereocenters. The van der Waals surface area contributed by atoms with Crippen molar-refractivity contribution in [2.45, 2.75) is 14.9 Å². The van der Waals surface area contributed by atoms with Crippen LogP contribution in [0, 0.1) is 0 Å². The van der Waals surface area contributed by atoms with Crippen molar-refractivity contribution >= 4 is 44.8 Å². The van der Waals surface area contributed by atoms with E-state index in [1.54, 1.807) is 0 Å². The van der Waals surface area contributed by atoms with Crippen LogP contribution in [0.3, 0.4) is 0 Å². The van der Waals surface area contributed by atoms with Crippen molar-refractivity contribution in [1.29, 1.82) is 0 Å². The Labute approximate surface area is 120 Å². The summed E-state index contributed by atoms with van der Waals surface area (Å²) in [6, 6.07) is 5.51. The minimum atomic E-state index is -3.98. The van der Waals surface area contributed by atoms with E-state index in [-0.39, 0.29) is 4.90 Å². The van der Waals surface area contributed by atoms with Crippen molar-refractivity contribution in [2.75, 3.05) is 7.11 Å². The topological polar surface area (TPSA) is 75.6 Å². The number of ether oxygens (including phenoxy) is 1. The first kappa shape index (κ1) is 15.8. The molecule has 0 aliphatic rings. The molecule has 0 saturated heterocycles. The van der Waals surface area contributed by atoms with Gasteiger partial charge in [0.05, 0.1) is 12.0 Å². The lowest BCUT2D eigenvalue weighted by molar-refractivity contribution is 0.167. The molecular formula is C9H10Cl3NO4S. The van der Waals surface area contributed by atoms with Gasteiger partial charge in [-0.05, 0) is 24.3 Å². The van der Waals surface area contributed by atoms with E-state index in [0.29, 0.717) is 5.75 Å². The molecule has 1 aromatic rings. The molecule has 18 heavy (non-hydrogen) atoms. The number of aliphatic hydroxyl groups is 1. The van der Waals surface area contributed by atoms with Crippen LogP contribution in [0.2, 0.25) is 0 Å². The molecule has 0 amide bonds. The lowest BCUT2D eigenvalue weighted by atomic mass is 10.3. The average Bonchev–Trinajstić information content (AvgIpc) is 2.27. The molecule has 0 aliphatic carbocycles. The Kier molecular flexibility index (Phi) is 5.11. The van der Waals surface area contributed by atoms with Gasteiger partial charge in [0.1, 0.15) is 5.75 Å². The van der Waals surface area contributed by atoms with Crippen molar-refractivity contribution in [1.82, 2.24) is 4.72 Å². The molecule has 0 saturated carbocycles. The average molecular weight is 335 g/mol. The number of benzene rings is 1. The largest absolute Gasteiger partial charge is 0.497 e. The molecule has 0 bridgehead atoms. The molecule has 0 heterocycles. The fourth-order valence-corrected chi connectivity index (χ4v) is 2.50. The van der Waals surface area contributed by atoms with Crippen molar-refractivity contribution in [3.05, 3.63) is 24.3 Å². The standard InChI is InChI=1S/C9H10Cl3NO4S/c1-17-6-2-4-7(5-3-6)18(15,16)13-8(14)9(10,11)12/h2-5,8,13-14H,1H3. The van der Waals surface area contributed by atoms with Crippen molar-refractivity contribution in [2.24, 2.45) is 0 Å². The molecule has 1 unspecified atom stereocenters. The third-order valence-corrected chi connectivity index (χ3v) is 3.99. The Balaban J connectivity index is 2.93. The summed E-state index contributed by atoms with van der Waals surface area (Å²) in [5.41, 5.74) is 0. The highest BCUT2D eigenvalue weighted by molar-refractivity contribution is 7.89. The molecule has 5 nitrogen and oxygen atoms in total. The summed E-state index contributed by atoms with van der Waals surface area (Å²) in [6.45, 7) is 0. The fraction of sp³-hybridized carbons (Fsp3) is 0.333. The maximum absolute atomic E-state index is 11.8. The van der Waals surface area contributed by atoms with Gasteiger partial charge < -0.3 is 9.84 Å². The number of aliphatic hydroxyl groups excluding tert-OH is 1. The van der Waals surface area contributed by atoms with E-state index in [2.05, 4.69) is 0 Å². The SMILES string of the molecule is COc1ccc(S(=O)(=O)NC(O)C(Cl)(Cl)Cl)cc1. The summed E-state index contributed by atoms with van der Waals surface area (Å²) >= 11 is 16.1. The summed E-state index contributed by atoms with van der Waals surface area (Å²) in [6.07, 6.45) is -1.85. The van der Waals surface area contributed by atoms with E-state index >= 15 is 0 Å². The van der Waals surface area contributed by atoms with Gasteiger partial charge in [-0.1, -0.05) is 34.8 Å². The van der Waals surface area contributed by atoms with E-state index in [1.807, 2.05) is 4.72 Å². The van der Waals surface area contributed by atoms with Gasteiger partial charge in [0.15, 0.2) is 6.23 Å². The summed E-state index contributed by atoms with van der Waals surface area (Å²) in [7, 11) is -2.52. The zero-order valence-corrected chi connectivity index (χ0v) is 12.2. The van der Waals surface area contributed by atoms with E-state index in [0.717, 1.165) is 0 Å². The van der Waals surface area contributed by atoms with Crippen LogP contribution in [0.1, 0.15) is 0 Å². The molecule has 2 N–H and O–H groups in total. The van der Waals surface area contributed by atoms with Crippen LogP contribution >= 0.6 is 34.8 Å². The van der Waals surface area contributed by atoms with Crippen LogP contribution in [-0.2, 0) is 10.0 Å². The molecule has 0 spiro atoms. The summed E-state index contributed by atoms with van der Waals surface area (Å²) in [5, 5.41) is 9.37. The first-order valence-electron chi connectivity index (χ1n) is 4.58. The van der Waals surface area contributed by atoms with Gasteiger partial charge in [-0.2, -0.15) is 4.72 Å². The molecule has 102 valence electrons. The maximum Gasteiger partial charge on any atom is 0.242 e. The monoisotopic (exact) mass is 333 g/mol. The molecular weight excluding hydrogens is 325 g/mol. The predicted molar refractivity (Wildman–Crippen MR) is 69.6 cm³/mol. The van der Waals surface area contributed by atoms with Crippen molar-refractivity contribution in [3.8, 4) is 5.75 Å². The van der Waals surface area contributed by atoms with Gasteiger partial charge in [0.25, 0.3) is 0 Å². The summed E-state index contributed by atoms with van der Waals surface area (Å²) in [4.78, 5) is -0.0865. The first-order chi connectivity index (χ1) is 8.16. The second-order valence-corrected chi connectivity index (χ2v) is 7.32. The number of hydrogen-bond donors (Lipinski definition) is 2. The molecule has 0 radical (unpaired) electrons. The lowest BCUT2D eigenvalue weighted by Crippen LogP contribution is -2.43. The molecule has 1 aromatic carbocycles. The third kappa shape index (κ3) is 4.15. The quantitative estimate of drug-likeness (QED) is 0.648. The first-order valence-corrected chi connectivity index (χ1v) is 7.19. The fourth-order valence-electron chi connectivity index (χ4n) is 1.04. The molecule has 1 rings (SSSR count). The summed E-state index contributed by atoms with van der Waals surface area (Å²) < 4.78 is 28.2. The maximum atomic E-state index is 11.8. The molecule has 0 aliphatic heterocycles. The number of alkyl halides is 3. The summed E-state index contributed by atoms with van der Waals surface area (Å²) in [5.74, 6) is 0.496. The van der Waals surface area contributed by atoms with Gasteiger partial charge in [-0.25, -0.2) is 8.42 Å². The predicted octanol–water partition coefficient (Wildman–Crippen LogP) is 1.66. The lowest BCUT2D eigenvalue weighted by Gasteiger charge is -2.19. The highest BCUT2D eigenvalue weighted by Crippen LogP contribution is 2.29. The smallest absolute Gasteiger partial charge is 0.242 e. The van der Waals surface area contributed by atoms with Gasteiger partial charge in [-0.15, -0.1) is 0 Å². The van der Waals surface area contributed by atoms with Crippen LogP contribution in [0.15, 0.2) is 29.2 Å². The number of methoxy groups -OCH3 is 1. The van der Waals surface area contributed by atoms with Crippen molar-refractivity contribution < 1.29 is 18.3 Å². The minimum Gasteiger partial charge on any atom is -0.497 e. The van der Waals surface area contributed by atoms with Crippen LogP contribution in [0.25, 0.3) is 0 Å². The Morgan fingerprint density at radius 1 is 1.28 bits per heavy atom.